The number of carbonyl (C=O) groups is 1. The van der Waals surface area contributed by atoms with E-state index in [0.29, 0.717) is 16.7 Å². The molecule has 0 radical (unpaired) electrons. The average Bonchev–Trinajstić information content (AvgIpc) is 2.37. The number of hydrogen-bond acceptors (Lipinski definition) is 2. The molecule has 0 fully saturated rings. The predicted octanol–water partition coefficient (Wildman–Crippen LogP) is 2.71. The van der Waals surface area contributed by atoms with E-state index < -0.39 is 6.03 Å². The summed E-state index contributed by atoms with van der Waals surface area (Å²) in [5.74, 6) is 0. The maximum absolute atomic E-state index is 11.5. The van der Waals surface area contributed by atoms with Crippen LogP contribution in [0, 0.1) is 0 Å². The number of halogens is 1. The molecule has 0 spiro atoms. The fraction of sp³-hybridized carbons (Fsp3) is 0.286. The van der Waals surface area contributed by atoms with Crippen LogP contribution in [-0.2, 0) is 0 Å². The number of carbonyl (C=O) groups excluding carboxylic acids is 1. The standard InChI is InChI=1S/C14H19ClN4OS/c1-10(15)9-18(2)14(21)17-11-6-5-7-12(8-11)19(3,4)13(16)20/h5-8H,1,9H2,2-4H3,(H2-,16,17,20,21)/p+1. The van der Waals surface area contributed by atoms with Crippen molar-refractivity contribution in [3.05, 3.63) is 35.9 Å². The lowest BCUT2D eigenvalue weighted by Gasteiger charge is -2.25. The quantitative estimate of drug-likeness (QED) is 0.659. The highest BCUT2D eigenvalue weighted by Gasteiger charge is 2.26. The molecule has 0 aromatic heterocycles. The molecular weight excluding hydrogens is 308 g/mol. The van der Waals surface area contributed by atoms with Crippen LogP contribution in [0.2, 0.25) is 0 Å². The average molecular weight is 328 g/mol. The molecule has 5 nitrogen and oxygen atoms in total. The maximum Gasteiger partial charge on any atom is 0.418 e. The van der Waals surface area contributed by atoms with E-state index in [0.717, 1.165) is 11.4 Å². The first-order valence-corrected chi connectivity index (χ1v) is 7.03. The first kappa shape index (κ1) is 17.4. The number of amides is 2. The molecule has 0 unspecified atom stereocenters. The summed E-state index contributed by atoms with van der Waals surface area (Å²) in [6.45, 7) is 4.09. The summed E-state index contributed by atoms with van der Waals surface area (Å²) in [5, 5.41) is 4.11. The number of quaternary nitrogens is 1. The van der Waals surface area contributed by atoms with Gasteiger partial charge in [-0.3, -0.25) is 0 Å². The lowest BCUT2D eigenvalue weighted by molar-refractivity contribution is 0.227. The zero-order valence-corrected chi connectivity index (χ0v) is 14.0. The first-order chi connectivity index (χ1) is 9.64. The van der Waals surface area contributed by atoms with Gasteiger partial charge in [-0.2, -0.15) is 0 Å². The van der Waals surface area contributed by atoms with Crippen molar-refractivity contribution in [3.8, 4) is 0 Å². The third-order valence-electron chi connectivity index (χ3n) is 3.05. The maximum atomic E-state index is 11.5. The van der Waals surface area contributed by atoms with Crippen LogP contribution in [0.1, 0.15) is 0 Å². The second-order valence-corrected chi connectivity index (χ2v) is 6.07. The number of likely N-dealkylation sites (N-methyl/N-ethyl adjacent to an activating group) is 1. The van der Waals surface area contributed by atoms with E-state index in [-0.39, 0.29) is 4.48 Å². The first-order valence-electron chi connectivity index (χ1n) is 6.24. The fourth-order valence-corrected chi connectivity index (χ4v) is 1.97. The summed E-state index contributed by atoms with van der Waals surface area (Å²) in [6.07, 6.45) is 0. The van der Waals surface area contributed by atoms with Gasteiger partial charge in [-0.15, -0.1) is 0 Å². The van der Waals surface area contributed by atoms with E-state index >= 15 is 0 Å². The lowest BCUT2D eigenvalue weighted by Crippen LogP contribution is -2.50. The normalized spacial score (nSPS) is 10.9. The van der Waals surface area contributed by atoms with Crippen LogP contribution in [0.25, 0.3) is 0 Å². The number of anilines is 1. The van der Waals surface area contributed by atoms with Crippen LogP contribution < -0.4 is 15.5 Å². The smallest absolute Gasteiger partial charge is 0.347 e. The Kier molecular flexibility index (Phi) is 5.71. The van der Waals surface area contributed by atoms with Crippen molar-refractivity contribution in [1.82, 2.24) is 9.38 Å². The molecule has 2 amide bonds. The zero-order valence-electron chi connectivity index (χ0n) is 12.4. The van der Waals surface area contributed by atoms with Crippen molar-refractivity contribution in [2.45, 2.75) is 0 Å². The molecule has 0 bridgehead atoms. The Bertz CT molecular complexity index is 574. The molecule has 0 saturated heterocycles. The summed E-state index contributed by atoms with van der Waals surface area (Å²) in [6, 6.07) is 6.93. The second-order valence-electron chi connectivity index (χ2n) is 5.15. The monoisotopic (exact) mass is 327 g/mol. The van der Waals surface area contributed by atoms with Crippen molar-refractivity contribution in [1.29, 1.82) is 0 Å². The summed E-state index contributed by atoms with van der Waals surface area (Å²) in [7, 11) is 5.27. The van der Waals surface area contributed by atoms with Crippen LogP contribution in [-0.4, -0.2) is 43.7 Å². The third kappa shape index (κ3) is 4.70. The number of primary amides is 1. The number of thiocarbonyl (C=S) groups is 1. The minimum absolute atomic E-state index is 0.0450. The summed E-state index contributed by atoms with van der Waals surface area (Å²) in [5.41, 5.74) is 6.95. The van der Waals surface area contributed by atoms with E-state index in [1.165, 1.54) is 0 Å². The largest absolute Gasteiger partial charge is 0.418 e. The highest BCUT2D eigenvalue weighted by molar-refractivity contribution is 7.80. The van der Waals surface area contributed by atoms with Crippen LogP contribution >= 0.6 is 23.8 Å². The van der Waals surface area contributed by atoms with Gasteiger partial charge in [0, 0.05) is 23.8 Å². The summed E-state index contributed by atoms with van der Waals surface area (Å²) >= 11 is 11.0. The minimum atomic E-state index is -0.440. The SMILES string of the molecule is C=C(Cl)CN(C)C(=S)Nc1cccc([N+](C)(C)C(N)=O)c1. The van der Waals surface area contributed by atoms with Gasteiger partial charge in [-0.1, -0.05) is 24.2 Å². The number of nitrogens with zero attached hydrogens (tertiary/aromatic N) is 2. The highest BCUT2D eigenvalue weighted by atomic mass is 35.5. The molecule has 1 aromatic carbocycles. The molecule has 1 rings (SSSR count). The molecule has 21 heavy (non-hydrogen) atoms. The van der Waals surface area contributed by atoms with Gasteiger partial charge in [0.15, 0.2) is 5.11 Å². The molecule has 0 aliphatic rings. The van der Waals surface area contributed by atoms with E-state index in [1.807, 2.05) is 31.3 Å². The molecule has 0 atom stereocenters. The predicted molar refractivity (Wildman–Crippen MR) is 93.5 cm³/mol. The Morgan fingerprint density at radius 1 is 1.52 bits per heavy atom. The fourth-order valence-electron chi connectivity index (χ4n) is 1.61. The van der Waals surface area contributed by atoms with Crippen molar-refractivity contribution in [2.75, 3.05) is 33.0 Å². The van der Waals surface area contributed by atoms with E-state index in [9.17, 15) is 4.79 Å². The van der Waals surface area contributed by atoms with E-state index in [1.54, 1.807) is 19.0 Å². The molecule has 0 heterocycles. The third-order valence-corrected chi connectivity index (χ3v) is 3.58. The van der Waals surface area contributed by atoms with Gasteiger partial charge in [-0.25, -0.2) is 9.28 Å². The Morgan fingerprint density at radius 2 is 2.14 bits per heavy atom. The van der Waals surface area contributed by atoms with Crippen LogP contribution in [0.3, 0.4) is 0 Å². The van der Waals surface area contributed by atoms with Gasteiger partial charge >= 0.3 is 6.03 Å². The topological polar surface area (TPSA) is 58.4 Å². The van der Waals surface area contributed by atoms with Gasteiger partial charge in [0.25, 0.3) is 0 Å². The summed E-state index contributed by atoms with van der Waals surface area (Å²) in [4.78, 5) is 13.3. The Morgan fingerprint density at radius 3 is 2.67 bits per heavy atom. The van der Waals surface area contributed by atoms with E-state index in [2.05, 4.69) is 11.9 Å². The molecule has 0 aliphatic carbocycles. The Balaban J connectivity index is 2.89. The number of nitrogens with two attached hydrogens (primary N) is 1. The molecule has 7 heteroatoms. The van der Waals surface area contributed by atoms with Crippen molar-refractivity contribution < 1.29 is 4.79 Å². The van der Waals surface area contributed by atoms with E-state index in [4.69, 9.17) is 29.6 Å². The molecule has 3 N–H and O–H groups in total. The molecule has 0 saturated carbocycles. The zero-order chi connectivity index (χ0) is 16.2. The van der Waals surface area contributed by atoms with Crippen LogP contribution in [0.15, 0.2) is 35.9 Å². The number of nitrogens with one attached hydrogen (secondary N) is 1. The van der Waals surface area contributed by atoms with Crippen molar-refractivity contribution in [2.24, 2.45) is 5.73 Å². The molecule has 114 valence electrons. The number of hydrogen-bond donors (Lipinski definition) is 2. The number of benzene rings is 1. The molecule has 1 aromatic rings. The molecule has 0 aliphatic heterocycles. The van der Waals surface area contributed by atoms with Crippen molar-refractivity contribution in [3.63, 3.8) is 0 Å². The molecular formula is C14H20ClN4OS+. The Labute approximate surface area is 135 Å². The summed E-state index contributed by atoms with van der Waals surface area (Å²) < 4.78 is -0.0450. The van der Waals surface area contributed by atoms with Crippen LogP contribution in [0.4, 0.5) is 16.2 Å². The lowest BCUT2D eigenvalue weighted by atomic mass is 10.2. The van der Waals surface area contributed by atoms with Crippen molar-refractivity contribution >= 4 is 46.3 Å². The van der Waals surface area contributed by atoms with Gasteiger partial charge in [0.2, 0.25) is 0 Å². The number of rotatable bonds is 4. The number of urea groups is 1. The minimum Gasteiger partial charge on any atom is -0.347 e. The van der Waals surface area contributed by atoms with Gasteiger partial charge in [0.05, 0.1) is 20.6 Å². The highest BCUT2D eigenvalue weighted by Crippen LogP contribution is 2.23. The Hall–Kier alpha value is -1.63. The van der Waals surface area contributed by atoms with Crippen LogP contribution in [0.5, 0.6) is 0 Å². The van der Waals surface area contributed by atoms with Gasteiger partial charge < -0.3 is 16.0 Å². The van der Waals surface area contributed by atoms with Gasteiger partial charge in [-0.05, 0) is 24.4 Å². The van der Waals surface area contributed by atoms with Gasteiger partial charge in [0.1, 0.15) is 5.69 Å². The second kappa shape index (κ2) is 6.89.